The Hall–Kier alpha value is -0.0400. The van der Waals surface area contributed by atoms with Crippen LogP contribution in [0.5, 0.6) is 0 Å². The van der Waals surface area contributed by atoms with Gasteiger partial charge in [-0.1, -0.05) is 46.5 Å². The molecule has 0 aromatic heterocycles. The lowest BCUT2D eigenvalue weighted by Crippen LogP contribution is -2.34. The molecule has 0 aliphatic carbocycles. The Bertz CT molecular complexity index is 164. The molecule has 0 atom stereocenters. The van der Waals surface area contributed by atoms with Crippen molar-refractivity contribution in [3.8, 4) is 0 Å². The number of rotatable bonds is 8. The van der Waals surface area contributed by atoms with Crippen LogP contribution in [-0.4, -0.2) is 24.5 Å². The maximum absolute atomic E-state index is 2.66. The molecule has 0 unspecified atom stereocenters. The first-order valence-corrected chi connectivity index (χ1v) is 8.02. The molecule has 1 fully saturated rings. The summed E-state index contributed by atoms with van der Waals surface area (Å²) in [6, 6.07) is 0. The molecule has 0 bridgehead atoms. The van der Waals surface area contributed by atoms with E-state index in [4.69, 9.17) is 0 Å². The summed E-state index contributed by atoms with van der Waals surface area (Å²) < 4.78 is 0. The Morgan fingerprint density at radius 3 is 2.00 bits per heavy atom. The van der Waals surface area contributed by atoms with Crippen LogP contribution in [0.1, 0.15) is 72.1 Å². The summed E-state index contributed by atoms with van der Waals surface area (Å²) in [6.07, 6.45) is 11.4. The van der Waals surface area contributed by atoms with Gasteiger partial charge >= 0.3 is 0 Å². The molecule has 1 nitrogen and oxygen atoms in total. The average molecular weight is 239 g/mol. The lowest BCUT2D eigenvalue weighted by molar-refractivity contribution is 0.163. The van der Waals surface area contributed by atoms with Crippen LogP contribution >= 0.6 is 0 Å². The van der Waals surface area contributed by atoms with Crippen molar-refractivity contribution in [3.63, 3.8) is 0 Å². The minimum atomic E-state index is 1.02. The first kappa shape index (κ1) is 15.0. The van der Waals surface area contributed by atoms with E-state index >= 15 is 0 Å². The molecule has 0 saturated carbocycles. The van der Waals surface area contributed by atoms with Gasteiger partial charge in [0.05, 0.1) is 0 Å². The summed E-state index contributed by atoms with van der Waals surface area (Å²) in [5, 5.41) is 0. The van der Waals surface area contributed by atoms with Crippen LogP contribution in [-0.2, 0) is 0 Å². The van der Waals surface area contributed by atoms with Crippen molar-refractivity contribution in [2.75, 3.05) is 19.6 Å². The van der Waals surface area contributed by atoms with Crippen LogP contribution in [0, 0.1) is 11.8 Å². The molecule has 0 radical (unpaired) electrons. The third-order valence-electron chi connectivity index (χ3n) is 4.31. The summed E-state index contributed by atoms with van der Waals surface area (Å²) in [5.41, 5.74) is 0. The van der Waals surface area contributed by atoms with Crippen molar-refractivity contribution >= 4 is 0 Å². The first-order chi connectivity index (χ1) is 8.30. The molecule has 0 aromatic carbocycles. The lowest BCUT2D eigenvalue weighted by atomic mass is 9.83. The highest BCUT2D eigenvalue weighted by Crippen LogP contribution is 2.28. The highest BCUT2D eigenvalue weighted by atomic mass is 15.1. The Balaban J connectivity index is 2.22. The van der Waals surface area contributed by atoms with Gasteiger partial charge in [-0.05, 0) is 57.2 Å². The van der Waals surface area contributed by atoms with E-state index in [1.54, 1.807) is 0 Å². The van der Waals surface area contributed by atoms with Gasteiger partial charge in [0, 0.05) is 0 Å². The van der Waals surface area contributed by atoms with Gasteiger partial charge in [0.15, 0.2) is 0 Å². The van der Waals surface area contributed by atoms with Gasteiger partial charge in [-0.2, -0.15) is 0 Å². The molecule has 102 valence electrons. The second-order valence-corrected chi connectivity index (χ2v) is 5.96. The molecular formula is C16H33N. The van der Waals surface area contributed by atoms with Crippen LogP contribution in [0.4, 0.5) is 0 Å². The average Bonchev–Trinajstić information content (AvgIpc) is 2.33. The third-order valence-corrected chi connectivity index (χ3v) is 4.31. The van der Waals surface area contributed by atoms with Gasteiger partial charge in [-0.3, -0.25) is 0 Å². The number of hydrogen-bond donors (Lipinski definition) is 0. The molecule has 1 heterocycles. The van der Waals surface area contributed by atoms with Crippen molar-refractivity contribution in [1.82, 2.24) is 4.90 Å². The zero-order chi connectivity index (χ0) is 12.5. The fourth-order valence-corrected chi connectivity index (χ4v) is 3.43. The van der Waals surface area contributed by atoms with Crippen LogP contribution in [0.25, 0.3) is 0 Å². The number of piperidine rings is 1. The van der Waals surface area contributed by atoms with Crippen LogP contribution in [0.3, 0.4) is 0 Å². The van der Waals surface area contributed by atoms with Crippen LogP contribution < -0.4 is 0 Å². The Morgan fingerprint density at radius 1 is 0.941 bits per heavy atom. The standard InChI is InChI=1S/C16H33N/c1-4-7-15(8-5-2)14-16-9-12-17(11-6-3)13-10-16/h15-16H,4-14H2,1-3H3. The highest BCUT2D eigenvalue weighted by molar-refractivity contribution is 4.74. The summed E-state index contributed by atoms with van der Waals surface area (Å²) in [5.74, 6) is 2.05. The SMILES string of the molecule is CCCC(CCC)CC1CCN(CCC)CC1. The van der Waals surface area contributed by atoms with Crippen LogP contribution in [0.15, 0.2) is 0 Å². The van der Waals surface area contributed by atoms with Gasteiger partial charge in [-0.25, -0.2) is 0 Å². The van der Waals surface area contributed by atoms with Gasteiger partial charge < -0.3 is 4.90 Å². The predicted molar refractivity (Wildman–Crippen MR) is 77.4 cm³/mol. The molecule has 1 aliphatic heterocycles. The minimum Gasteiger partial charge on any atom is -0.303 e. The highest BCUT2D eigenvalue weighted by Gasteiger charge is 2.21. The summed E-state index contributed by atoms with van der Waals surface area (Å²) in [6.45, 7) is 11.0. The van der Waals surface area contributed by atoms with Crippen LogP contribution in [0.2, 0.25) is 0 Å². The first-order valence-electron chi connectivity index (χ1n) is 8.02. The maximum atomic E-state index is 2.66. The number of nitrogens with zero attached hydrogens (tertiary/aromatic N) is 1. The van der Waals surface area contributed by atoms with E-state index in [2.05, 4.69) is 25.7 Å². The molecule has 0 spiro atoms. The van der Waals surface area contributed by atoms with E-state index in [1.165, 1.54) is 71.0 Å². The third kappa shape index (κ3) is 5.90. The zero-order valence-corrected chi connectivity index (χ0v) is 12.4. The van der Waals surface area contributed by atoms with Crippen molar-refractivity contribution in [2.45, 2.75) is 72.1 Å². The smallest absolute Gasteiger partial charge is 0.00161 e. The Labute approximate surface area is 109 Å². The van der Waals surface area contributed by atoms with E-state index in [9.17, 15) is 0 Å². The Morgan fingerprint density at radius 2 is 1.53 bits per heavy atom. The van der Waals surface area contributed by atoms with E-state index in [1.807, 2.05) is 0 Å². The number of hydrogen-bond acceptors (Lipinski definition) is 1. The largest absolute Gasteiger partial charge is 0.303 e. The molecule has 0 amide bonds. The van der Waals surface area contributed by atoms with Gasteiger partial charge in [0.1, 0.15) is 0 Å². The summed E-state index contributed by atoms with van der Waals surface area (Å²) in [7, 11) is 0. The minimum absolute atomic E-state index is 1.02. The molecule has 1 heteroatoms. The quantitative estimate of drug-likeness (QED) is 0.592. The molecule has 0 N–H and O–H groups in total. The van der Waals surface area contributed by atoms with E-state index in [-0.39, 0.29) is 0 Å². The van der Waals surface area contributed by atoms with Gasteiger partial charge in [-0.15, -0.1) is 0 Å². The predicted octanol–water partition coefficient (Wildman–Crippen LogP) is 4.71. The van der Waals surface area contributed by atoms with E-state index in [0.29, 0.717) is 0 Å². The van der Waals surface area contributed by atoms with Gasteiger partial charge in [0.25, 0.3) is 0 Å². The normalized spacial score (nSPS) is 19.1. The lowest BCUT2D eigenvalue weighted by Gasteiger charge is -2.33. The second-order valence-electron chi connectivity index (χ2n) is 5.96. The molecule has 1 aliphatic rings. The molecule has 1 saturated heterocycles. The summed E-state index contributed by atoms with van der Waals surface area (Å²) >= 11 is 0. The maximum Gasteiger partial charge on any atom is -0.00161 e. The second kappa shape index (κ2) is 8.97. The fourth-order valence-electron chi connectivity index (χ4n) is 3.43. The van der Waals surface area contributed by atoms with E-state index < -0.39 is 0 Å². The molecule has 17 heavy (non-hydrogen) atoms. The molecular weight excluding hydrogens is 206 g/mol. The number of likely N-dealkylation sites (tertiary alicyclic amines) is 1. The van der Waals surface area contributed by atoms with Crippen molar-refractivity contribution in [2.24, 2.45) is 11.8 Å². The Kier molecular flexibility index (Phi) is 7.92. The van der Waals surface area contributed by atoms with Crippen molar-refractivity contribution in [1.29, 1.82) is 0 Å². The topological polar surface area (TPSA) is 3.24 Å². The van der Waals surface area contributed by atoms with Gasteiger partial charge in [0.2, 0.25) is 0 Å². The monoisotopic (exact) mass is 239 g/mol. The molecule has 1 rings (SSSR count). The van der Waals surface area contributed by atoms with E-state index in [0.717, 1.165) is 11.8 Å². The fraction of sp³-hybridized carbons (Fsp3) is 1.00. The van der Waals surface area contributed by atoms with Crippen molar-refractivity contribution in [3.05, 3.63) is 0 Å². The molecule has 0 aromatic rings. The van der Waals surface area contributed by atoms with Crippen molar-refractivity contribution < 1.29 is 0 Å². The summed E-state index contributed by atoms with van der Waals surface area (Å²) in [4.78, 5) is 2.66. The zero-order valence-electron chi connectivity index (χ0n) is 12.4.